The number of ether oxygens (including phenoxy) is 2. The summed E-state index contributed by atoms with van der Waals surface area (Å²) < 4.78 is 11.4. The predicted octanol–water partition coefficient (Wildman–Crippen LogP) is 1.87. The highest BCUT2D eigenvalue weighted by Gasteiger charge is 2.45. The molecular formula is C15H22O4. The minimum Gasteiger partial charge on any atom is -0.394 e. The molecule has 19 heavy (non-hydrogen) atoms. The van der Waals surface area contributed by atoms with E-state index in [1.807, 2.05) is 51.1 Å². The molecule has 106 valence electrons. The second-order valence-corrected chi connectivity index (χ2v) is 5.54. The van der Waals surface area contributed by atoms with Gasteiger partial charge in [-0.3, -0.25) is 0 Å². The van der Waals surface area contributed by atoms with Crippen LogP contribution in [0.3, 0.4) is 0 Å². The molecule has 1 aliphatic rings. The highest BCUT2D eigenvalue weighted by molar-refractivity contribution is 5.18. The number of aliphatic hydroxyl groups excluding tert-OH is 2. The van der Waals surface area contributed by atoms with Crippen LogP contribution in [0.25, 0.3) is 0 Å². The van der Waals surface area contributed by atoms with Crippen LogP contribution in [0.15, 0.2) is 30.3 Å². The standard InChI is InChI=1S/C15H22O4/c1-10(13(17)11-7-5-4-6-8-11)14-12(9-16)18-15(2,3)19-14/h4-8,10,12-14,16-17H,9H2,1-3H3/t10-,12-,13+,14+/m0/s1. The first-order valence-electron chi connectivity index (χ1n) is 6.64. The van der Waals surface area contributed by atoms with Gasteiger partial charge >= 0.3 is 0 Å². The van der Waals surface area contributed by atoms with Gasteiger partial charge < -0.3 is 19.7 Å². The molecule has 0 spiro atoms. The third-order valence-electron chi connectivity index (χ3n) is 3.56. The maximum Gasteiger partial charge on any atom is 0.163 e. The number of benzene rings is 1. The molecule has 1 fully saturated rings. The van der Waals surface area contributed by atoms with E-state index < -0.39 is 18.0 Å². The SMILES string of the molecule is C[C@H]([C@H]1OC(C)(C)O[C@H]1CO)[C@@H](O)c1ccccc1. The molecule has 1 saturated heterocycles. The molecule has 2 rings (SSSR count). The summed E-state index contributed by atoms with van der Waals surface area (Å²) in [5, 5.41) is 19.8. The summed E-state index contributed by atoms with van der Waals surface area (Å²) in [5.41, 5.74) is 0.847. The van der Waals surface area contributed by atoms with Crippen molar-refractivity contribution in [1.82, 2.24) is 0 Å². The molecule has 1 aliphatic heterocycles. The van der Waals surface area contributed by atoms with E-state index in [0.29, 0.717) is 0 Å². The lowest BCUT2D eigenvalue weighted by Crippen LogP contribution is -2.35. The van der Waals surface area contributed by atoms with E-state index in [4.69, 9.17) is 9.47 Å². The zero-order chi connectivity index (χ0) is 14.0. The van der Waals surface area contributed by atoms with Gasteiger partial charge in [-0.1, -0.05) is 37.3 Å². The van der Waals surface area contributed by atoms with Crippen molar-refractivity contribution in [2.75, 3.05) is 6.61 Å². The van der Waals surface area contributed by atoms with Gasteiger partial charge in [-0.15, -0.1) is 0 Å². The number of hydrogen-bond donors (Lipinski definition) is 2. The van der Waals surface area contributed by atoms with Crippen molar-refractivity contribution in [3.05, 3.63) is 35.9 Å². The van der Waals surface area contributed by atoms with Crippen LogP contribution >= 0.6 is 0 Å². The summed E-state index contributed by atoms with van der Waals surface area (Å²) in [7, 11) is 0. The molecule has 4 heteroatoms. The Labute approximate surface area is 114 Å². The Morgan fingerprint density at radius 1 is 1.21 bits per heavy atom. The summed E-state index contributed by atoms with van der Waals surface area (Å²) in [6.45, 7) is 5.43. The Kier molecular flexibility index (Phi) is 4.26. The molecular weight excluding hydrogens is 244 g/mol. The minimum atomic E-state index is -0.720. The molecule has 2 N–H and O–H groups in total. The van der Waals surface area contributed by atoms with Crippen LogP contribution in [0.4, 0.5) is 0 Å². The second-order valence-electron chi connectivity index (χ2n) is 5.54. The van der Waals surface area contributed by atoms with Crippen molar-refractivity contribution in [3.8, 4) is 0 Å². The first-order chi connectivity index (χ1) is 8.94. The smallest absolute Gasteiger partial charge is 0.163 e. The molecule has 0 aliphatic carbocycles. The molecule has 1 heterocycles. The van der Waals surface area contributed by atoms with Crippen molar-refractivity contribution in [2.24, 2.45) is 5.92 Å². The minimum absolute atomic E-state index is 0.111. The Hall–Kier alpha value is -0.940. The first-order valence-corrected chi connectivity index (χ1v) is 6.64. The molecule has 1 aromatic carbocycles. The highest BCUT2D eigenvalue weighted by atomic mass is 16.8. The van der Waals surface area contributed by atoms with Gasteiger partial charge in [0.15, 0.2) is 5.79 Å². The number of rotatable bonds is 4. The fourth-order valence-corrected chi connectivity index (χ4v) is 2.58. The fourth-order valence-electron chi connectivity index (χ4n) is 2.58. The molecule has 0 bridgehead atoms. The largest absolute Gasteiger partial charge is 0.394 e. The third-order valence-corrected chi connectivity index (χ3v) is 3.56. The first kappa shape index (κ1) is 14.5. The van der Waals surface area contributed by atoms with Crippen molar-refractivity contribution < 1.29 is 19.7 Å². The molecule has 0 unspecified atom stereocenters. The number of hydrogen-bond acceptors (Lipinski definition) is 4. The van der Waals surface area contributed by atoms with E-state index in [2.05, 4.69) is 0 Å². The van der Waals surface area contributed by atoms with Crippen LogP contribution in [0, 0.1) is 5.92 Å². The van der Waals surface area contributed by atoms with Crippen LogP contribution in [-0.4, -0.2) is 34.8 Å². The van der Waals surface area contributed by atoms with Gasteiger partial charge in [0.25, 0.3) is 0 Å². The summed E-state index contributed by atoms with van der Waals surface area (Å²) in [4.78, 5) is 0. The predicted molar refractivity (Wildman–Crippen MR) is 71.5 cm³/mol. The normalized spacial score (nSPS) is 29.1. The second kappa shape index (κ2) is 5.59. The Balaban J connectivity index is 2.13. The maximum atomic E-state index is 10.4. The van der Waals surface area contributed by atoms with Gasteiger partial charge in [0.05, 0.1) is 18.8 Å². The van der Waals surface area contributed by atoms with Crippen molar-refractivity contribution in [1.29, 1.82) is 0 Å². The molecule has 0 amide bonds. The highest BCUT2D eigenvalue weighted by Crippen LogP contribution is 2.36. The van der Waals surface area contributed by atoms with Crippen LogP contribution in [0.2, 0.25) is 0 Å². The van der Waals surface area contributed by atoms with Crippen molar-refractivity contribution in [2.45, 2.75) is 44.9 Å². The summed E-state index contributed by atoms with van der Waals surface area (Å²) >= 11 is 0. The lowest BCUT2D eigenvalue weighted by molar-refractivity contribution is -0.155. The van der Waals surface area contributed by atoms with Crippen LogP contribution in [-0.2, 0) is 9.47 Å². The summed E-state index contributed by atoms with van der Waals surface area (Å²) in [5.74, 6) is -0.885. The van der Waals surface area contributed by atoms with E-state index in [0.717, 1.165) is 5.56 Å². The number of aliphatic hydroxyl groups is 2. The zero-order valence-corrected chi connectivity index (χ0v) is 11.6. The van der Waals surface area contributed by atoms with E-state index in [1.54, 1.807) is 0 Å². The zero-order valence-electron chi connectivity index (χ0n) is 11.6. The van der Waals surface area contributed by atoms with Crippen molar-refractivity contribution in [3.63, 3.8) is 0 Å². The van der Waals surface area contributed by atoms with Gasteiger partial charge in [0.1, 0.15) is 6.10 Å². The molecule has 0 saturated carbocycles. The van der Waals surface area contributed by atoms with Crippen LogP contribution in [0.1, 0.15) is 32.4 Å². The lowest BCUT2D eigenvalue weighted by atomic mass is 9.90. The fraction of sp³-hybridized carbons (Fsp3) is 0.600. The van der Waals surface area contributed by atoms with Gasteiger partial charge in [-0.05, 0) is 19.4 Å². The Morgan fingerprint density at radius 3 is 2.42 bits per heavy atom. The van der Waals surface area contributed by atoms with Crippen LogP contribution < -0.4 is 0 Å². The van der Waals surface area contributed by atoms with E-state index in [9.17, 15) is 10.2 Å². The van der Waals surface area contributed by atoms with Crippen molar-refractivity contribution >= 4 is 0 Å². The van der Waals surface area contributed by atoms with E-state index in [-0.39, 0.29) is 18.6 Å². The average Bonchev–Trinajstić information content (AvgIpc) is 2.73. The van der Waals surface area contributed by atoms with E-state index >= 15 is 0 Å². The quantitative estimate of drug-likeness (QED) is 0.873. The monoisotopic (exact) mass is 266 g/mol. The van der Waals surface area contributed by atoms with Gasteiger partial charge in [0, 0.05) is 5.92 Å². The maximum absolute atomic E-state index is 10.4. The molecule has 0 aromatic heterocycles. The third kappa shape index (κ3) is 3.15. The van der Waals surface area contributed by atoms with Gasteiger partial charge in [-0.2, -0.15) is 0 Å². The lowest BCUT2D eigenvalue weighted by Gasteiger charge is -2.27. The Morgan fingerprint density at radius 2 is 1.84 bits per heavy atom. The molecule has 4 atom stereocenters. The average molecular weight is 266 g/mol. The Bertz CT molecular complexity index is 404. The molecule has 1 aromatic rings. The molecule has 0 radical (unpaired) electrons. The topological polar surface area (TPSA) is 58.9 Å². The van der Waals surface area contributed by atoms with E-state index in [1.165, 1.54) is 0 Å². The van der Waals surface area contributed by atoms with Gasteiger partial charge in [-0.25, -0.2) is 0 Å². The molecule has 4 nitrogen and oxygen atoms in total. The van der Waals surface area contributed by atoms with Gasteiger partial charge in [0.2, 0.25) is 0 Å². The summed E-state index contributed by atoms with van der Waals surface area (Å²) in [6, 6.07) is 9.47. The van der Waals surface area contributed by atoms with Crippen LogP contribution in [0.5, 0.6) is 0 Å². The summed E-state index contributed by atoms with van der Waals surface area (Å²) in [6.07, 6.45) is -1.36.